The van der Waals surface area contributed by atoms with Crippen LogP contribution in [0.2, 0.25) is 0 Å². The summed E-state index contributed by atoms with van der Waals surface area (Å²) in [7, 11) is 0. The predicted octanol–water partition coefficient (Wildman–Crippen LogP) is 0.180. The summed E-state index contributed by atoms with van der Waals surface area (Å²) in [6.07, 6.45) is -15.7. The van der Waals surface area contributed by atoms with Gasteiger partial charge in [-0.3, -0.25) is 4.79 Å². The van der Waals surface area contributed by atoms with E-state index in [2.05, 4.69) is 47.6 Å². The molecule has 0 bridgehead atoms. The van der Waals surface area contributed by atoms with Crippen molar-refractivity contribution in [1.29, 1.82) is 0 Å². The first-order valence-corrected chi connectivity index (χ1v) is 24.2. The summed E-state index contributed by atoms with van der Waals surface area (Å²) in [6.45, 7) is 16.7. The predicted molar refractivity (Wildman–Crippen MR) is 233 cm³/mol. The Morgan fingerprint density at radius 3 is 1.92 bits per heavy atom. The second-order valence-electron chi connectivity index (χ2n) is 22.8. The second kappa shape index (κ2) is 19.1. The van der Waals surface area contributed by atoms with Gasteiger partial charge in [0.05, 0.1) is 37.1 Å². The third-order valence-corrected chi connectivity index (χ3v) is 18.5. The number of hydrogen-bond donors (Lipinski definition) is 11. The highest BCUT2D eigenvalue weighted by atomic mass is 16.8. The molecular formula is C48H80O18. The second-order valence-corrected chi connectivity index (χ2v) is 22.8. The van der Waals surface area contributed by atoms with Gasteiger partial charge in [-0.2, -0.15) is 0 Å². The number of aliphatic hydroxyl groups is 11. The highest BCUT2D eigenvalue weighted by molar-refractivity contribution is 5.88. The van der Waals surface area contributed by atoms with E-state index >= 15 is 0 Å². The van der Waals surface area contributed by atoms with E-state index in [1.165, 1.54) is 6.92 Å². The largest absolute Gasteiger partial charge is 0.394 e. The summed E-state index contributed by atoms with van der Waals surface area (Å²) in [5, 5.41) is 116. The molecule has 0 amide bonds. The van der Waals surface area contributed by atoms with Gasteiger partial charge < -0.3 is 84.6 Å². The maximum Gasteiger partial charge on any atom is 0.187 e. The van der Waals surface area contributed by atoms with Crippen molar-refractivity contribution in [2.45, 2.75) is 224 Å². The highest BCUT2D eigenvalue weighted by Gasteiger charge is 2.70. The molecule has 3 saturated heterocycles. The number of fused-ring (bicyclic) bond motifs is 5. The van der Waals surface area contributed by atoms with E-state index in [1.807, 2.05) is 0 Å². The van der Waals surface area contributed by atoms with E-state index in [9.17, 15) is 61.0 Å². The van der Waals surface area contributed by atoms with E-state index in [-0.39, 0.29) is 40.3 Å². The van der Waals surface area contributed by atoms with Crippen molar-refractivity contribution in [3.05, 3.63) is 11.6 Å². The Bertz CT molecular complexity index is 1740. The smallest absolute Gasteiger partial charge is 0.187 e. The van der Waals surface area contributed by atoms with Crippen LogP contribution in [-0.2, 0) is 33.2 Å². The number of hydrogen-bond acceptors (Lipinski definition) is 18. The SMILES string of the molecule is C[C@H](CC[C@@H](O)C(C)(C)O[C@@H]1O[C@H](CO)[C@@H](O)[C@H](O)[C@H]1O[C@@H]1O[C@@H](C)[C@@H](O)[C@@H](O)[C@H]1O)[C@H]1CC[C@@]2(C)[C@@H]3CC=C4[C@@H](CCC(O[C@@H]5O[C@H](CO)[C@@H](O)[C@H](O)[C@H]5O)C4(C)C)[C@]3(C)C(=O)C[C@]12C. The standard InChI is InChI=1S/C48H80O18/c1-21(10-14-29(51)45(5,6)66-43-40(37(58)34(55)27(20-50)63-43)65-41-38(59)35(56)32(53)22(2)61-41)23-16-17-46(7)28-13-11-24-25(48(28,9)30(52)18-47(23,46)8)12-15-31(44(24,3)4)64-42-39(60)36(57)33(54)26(19-49)62-42/h11,21-23,25-29,31-43,49-51,53-60H,10,12-20H2,1-9H3/t21-,22+,23-,25-,26-,27-,28+,29-,31?,32-,33-,34-,35-,36+,37+,38-,39-,40-,41+,42+,43+,46+,47-,48+/m1/s1. The fourth-order valence-electron chi connectivity index (χ4n) is 13.9. The van der Waals surface area contributed by atoms with Gasteiger partial charge in [0, 0.05) is 17.3 Å². The normalized spacial score (nSPS) is 50.5. The lowest BCUT2D eigenvalue weighted by Crippen LogP contribution is -2.65. The van der Waals surface area contributed by atoms with Crippen LogP contribution in [-0.4, -0.2) is 185 Å². The van der Waals surface area contributed by atoms with Crippen LogP contribution in [0.4, 0.5) is 0 Å². The lowest BCUT2D eigenvalue weighted by Gasteiger charge is -2.65. The average Bonchev–Trinajstić information content (AvgIpc) is 3.53. The molecule has 6 fully saturated rings. The molecule has 18 nitrogen and oxygen atoms in total. The Labute approximate surface area is 388 Å². The van der Waals surface area contributed by atoms with Gasteiger partial charge >= 0.3 is 0 Å². The third-order valence-electron chi connectivity index (χ3n) is 18.5. The zero-order chi connectivity index (χ0) is 48.8. The van der Waals surface area contributed by atoms with Gasteiger partial charge in [0.1, 0.15) is 72.9 Å². The fraction of sp³-hybridized carbons (Fsp3) is 0.938. The summed E-state index contributed by atoms with van der Waals surface area (Å²) >= 11 is 0. The highest BCUT2D eigenvalue weighted by Crippen LogP contribution is 2.74. The van der Waals surface area contributed by atoms with Crippen molar-refractivity contribution in [2.24, 2.45) is 45.3 Å². The Morgan fingerprint density at radius 1 is 0.727 bits per heavy atom. The summed E-state index contributed by atoms with van der Waals surface area (Å²) in [6, 6.07) is 0. The topological polar surface area (TPSA) is 295 Å². The van der Waals surface area contributed by atoms with Crippen LogP contribution < -0.4 is 0 Å². The van der Waals surface area contributed by atoms with Crippen molar-refractivity contribution >= 4 is 5.78 Å². The molecule has 7 aliphatic rings. The van der Waals surface area contributed by atoms with E-state index in [0.29, 0.717) is 38.5 Å². The number of carbonyl (C=O) groups is 1. The van der Waals surface area contributed by atoms with Crippen LogP contribution in [0.15, 0.2) is 11.6 Å². The minimum absolute atomic E-state index is 0.0258. The zero-order valence-corrected chi connectivity index (χ0v) is 40.0. The maximum atomic E-state index is 15.0. The van der Waals surface area contributed by atoms with Gasteiger partial charge in [0.15, 0.2) is 18.9 Å². The van der Waals surface area contributed by atoms with Gasteiger partial charge in [0.2, 0.25) is 0 Å². The molecule has 66 heavy (non-hydrogen) atoms. The molecular weight excluding hydrogens is 865 g/mol. The first kappa shape index (κ1) is 52.6. The summed E-state index contributed by atoms with van der Waals surface area (Å²) in [5.41, 5.74) is -1.86. The molecule has 4 aliphatic carbocycles. The van der Waals surface area contributed by atoms with Crippen LogP contribution in [0.25, 0.3) is 0 Å². The lowest BCUT2D eigenvalue weighted by molar-refractivity contribution is -0.378. The van der Waals surface area contributed by atoms with Crippen LogP contribution >= 0.6 is 0 Å². The van der Waals surface area contributed by atoms with Crippen molar-refractivity contribution in [3.63, 3.8) is 0 Å². The lowest BCUT2D eigenvalue weighted by atomic mass is 9.38. The van der Waals surface area contributed by atoms with Crippen LogP contribution in [0.3, 0.4) is 0 Å². The number of rotatable bonds is 13. The number of aliphatic hydroxyl groups excluding tert-OH is 11. The van der Waals surface area contributed by atoms with Gasteiger partial charge in [-0.15, -0.1) is 0 Å². The van der Waals surface area contributed by atoms with E-state index in [4.69, 9.17) is 28.4 Å². The Balaban J connectivity index is 1.02. The van der Waals surface area contributed by atoms with Gasteiger partial charge in [-0.05, 0) is 100 Å². The number of ether oxygens (including phenoxy) is 6. The van der Waals surface area contributed by atoms with Gasteiger partial charge in [0.25, 0.3) is 0 Å². The molecule has 24 atom stereocenters. The summed E-state index contributed by atoms with van der Waals surface area (Å²) < 4.78 is 35.8. The van der Waals surface area contributed by atoms with Crippen LogP contribution in [0.5, 0.6) is 0 Å². The average molecular weight is 945 g/mol. The molecule has 380 valence electrons. The number of allylic oxidation sites excluding steroid dienone is 1. The summed E-state index contributed by atoms with van der Waals surface area (Å²) in [4.78, 5) is 15.0. The molecule has 7 rings (SSSR count). The number of carbonyl (C=O) groups excluding carboxylic acids is 1. The van der Waals surface area contributed by atoms with Crippen molar-refractivity contribution in [1.82, 2.24) is 0 Å². The quantitative estimate of drug-likeness (QED) is 0.110. The molecule has 11 N–H and O–H groups in total. The van der Waals surface area contributed by atoms with Crippen molar-refractivity contribution in [2.75, 3.05) is 13.2 Å². The molecule has 0 spiro atoms. The first-order chi connectivity index (χ1) is 30.7. The molecule has 0 aromatic carbocycles. The Kier molecular flexibility index (Phi) is 15.2. The number of ketones is 1. The van der Waals surface area contributed by atoms with E-state index in [1.54, 1.807) is 13.8 Å². The maximum absolute atomic E-state index is 15.0. The fourth-order valence-corrected chi connectivity index (χ4v) is 13.9. The van der Waals surface area contributed by atoms with Gasteiger partial charge in [-0.25, -0.2) is 0 Å². The zero-order valence-electron chi connectivity index (χ0n) is 40.0. The monoisotopic (exact) mass is 945 g/mol. The van der Waals surface area contributed by atoms with Crippen LogP contribution in [0, 0.1) is 45.3 Å². The molecule has 3 heterocycles. The van der Waals surface area contributed by atoms with Crippen LogP contribution in [0.1, 0.15) is 114 Å². The molecule has 0 radical (unpaired) electrons. The molecule has 0 aromatic rings. The first-order valence-electron chi connectivity index (χ1n) is 24.2. The van der Waals surface area contributed by atoms with Crippen molar-refractivity contribution < 1.29 is 89.4 Å². The van der Waals surface area contributed by atoms with Gasteiger partial charge in [-0.1, -0.05) is 53.2 Å². The summed E-state index contributed by atoms with van der Waals surface area (Å²) in [5.74, 6) is 0.593. The third kappa shape index (κ3) is 8.60. The van der Waals surface area contributed by atoms with Crippen molar-refractivity contribution in [3.8, 4) is 0 Å². The molecule has 0 aromatic heterocycles. The number of Topliss-reactive ketones (excluding diaryl/α,β-unsaturated/α-hetero) is 1. The minimum atomic E-state index is -1.72. The molecule has 18 heteroatoms. The Morgan fingerprint density at radius 2 is 1.30 bits per heavy atom. The van der Waals surface area contributed by atoms with E-state index in [0.717, 1.165) is 18.4 Å². The van der Waals surface area contributed by atoms with E-state index < -0.39 is 134 Å². The molecule has 3 aliphatic heterocycles. The molecule has 1 unspecified atom stereocenters. The molecule has 3 saturated carbocycles. The Hall–Kier alpha value is -1.27. The minimum Gasteiger partial charge on any atom is -0.394 e.